The predicted octanol–water partition coefficient (Wildman–Crippen LogP) is 1.18. The minimum Gasteiger partial charge on any atom is -0.327 e. The van der Waals surface area contributed by atoms with Gasteiger partial charge in [-0.25, -0.2) is 4.39 Å². The molecule has 0 aromatic heterocycles. The van der Waals surface area contributed by atoms with Gasteiger partial charge in [0.15, 0.2) is 0 Å². The van der Waals surface area contributed by atoms with Gasteiger partial charge in [-0.05, 0) is 44.6 Å². The Labute approximate surface area is 109 Å². The summed E-state index contributed by atoms with van der Waals surface area (Å²) in [5.74, 6) is 1.08. The van der Waals surface area contributed by atoms with E-state index in [4.69, 9.17) is 5.73 Å². The summed E-state index contributed by atoms with van der Waals surface area (Å²) in [5, 5.41) is 7.23. The zero-order chi connectivity index (χ0) is 12.5. The average molecular weight is 255 g/mol. The Morgan fingerprint density at radius 1 is 1.06 bits per heavy atom. The first-order valence-corrected chi connectivity index (χ1v) is 7.60. The standard InChI is InChI=1S/C14H26FN3/c15-10-3-1-2-9(6-10)14-7-12(16)11-8-17-5-4-13(11)18-14/h9-14,17-18H,1-8,16H2. The third-order valence-corrected chi connectivity index (χ3v) is 5.25. The highest BCUT2D eigenvalue weighted by atomic mass is 19.1. The van der Waals surface area contributed by atoms with E-state index in [0.29, 0.717) is 23.9 Å². The van der Waals surface area contributed by atoms with E-state index in [1.54, 1.807) is 0 Å². The highest BCUT2D eigenvalue weighted by molar-refractivity contribution is 4.99. The Balaban J connectivity index is 1.63. The fourth-order valence-electron chi connectivity index (χ4n) is 4.21. The fraction of sp³-hybridized carbons (Fsp3) is 1.00. The van der Waals surface area contributed by atoms with Crippen LogP contribution in [0.2, 0.25) is 0 Å². The lowest BCUT2D eigenvalue weighted by atomic mass is 9.73. The molecule has 4 heteroatoms. The Kier molecular flexibility index (Phi) is 3.87. The van der Waals surface area contributed by atoms with Crippen LogP contribution >= 0.6 is 0 Å². The number of piperidine rings is 2. The van der Waals surface area contributed by atoms with Gasteiger partial charge < -0.3 is 16.4 Å². The molecule has 0 amide bonds. The number of hydrogen-bond donors (Lipinski definition) is 3. The number of nitrogens with one attached hydrogen (secondary N) is 2. The maximum Gasteiger partial charge on any atom is 0.100 e. The zero-order valence-corrected chi connectivity index (χ0v) is 11.1. The van der Waals surface area contributed by atoms with E-state index in [2.05, 4.69) is 10.6 Å². The largest absolute Gasteiger partial charge is 0.327 e. The maximum atomic E-state index is 13.5. The van der Waals surface area contributed by atoms with Gasteiger partial charge >= 0.3 is 0 Å². The number of halogens is 1. The van der Waals surface area contributed by atoms with Gasteiger partial charge in [0, 0.05) is 30.6 Å². The highest BCUT2D eigenvalue weighted by Crippen LogP contribution is 2.34. The van der Waals surface area contributed by atoms with Crippen molar-refractivity contribution >= 4 is 0 Å². The number of hydrogen-bond acceptors (Lipinski definition) is 3. The van der Waals surface area contributed by atoms with Crippen LogP contribution in [0.15, 0.2) is 0 Å². The summed E-state index contributed by atoms with van der Waals surface area (Å²) in [4.78, 5) is 0. The van der Waals surface area contributed by atoms with Crippen LogP contribution < -0.4 is 16.4 Å². The molecule has 0 aromatic carbocycles. The molecule has 0 spiro atoms. The predicted molar refractivity (Wildman–Crippen MR) is 71.1 cm³/mol. The lowest BCUT2D eigenvalue weighted by Crippen LogP contribution is -2.63. The van der Waals surface area contributed by atoms with E-state index in [1.807, 2.05) is 0 Å². The summed E-state index contributed by atoms with van der Waals surface area (Å²) in [7, 11) is 0. The molecule has 2 aliphatic heterocycles. The maximum absolute atomic E-state index is 13.5. The van der Waals surface area contributed by atoms with Gasteiger partial charge in [-0.1, -0.05) is 6.42 Å². The van der Waals surface area contributed by atoms with E-state index in [0.717, 1.165) is 38.8 Å². The molecule has 3 rings (SSSR count). The Morgan fingerprint density at radius 3 is 2.78 bits per heavy atom. The van der Waals surface area contributed by atoms with E-state index in [9.17, 15) is 4.39 Å². The monoisotopic (exact) mass is 255 g/mol. The molecule has 1 aliphatic carbocycles. The quantitative estimate of drug-likeness (QED) is 0.659. The summed E-state index contributed by atoms with van der Waals surface area (Å²) in [6.07, 6.45) is 5.37. The molecule has 1 saturated carbocycles. The normalized spacial score (nSPS) is 49.7. The van der Waals surface area contributed by atoms with Crippen LogP contribution in [0.1, 0.15) is 38.5 Å². The van der Waals surface area contributed by atoms with Gasteiger partial charge in [0.25, 0.3) is 0 Å². The van der Waals surface area contributed by atoms with Gasteiger partial charge in [-0.15, -0.1) is 0 Å². The molecule has 104 valence electrons. The van der Waals surface area contributed by atoms with Gasteiger partial charge in [0.05, 0.1) is 0 Å². The summed E-state index contributed by atoms with van der Waals surface area (Å²) in [6.45, 7) is 2.13. The highest BCUT2D eigenvalue weighted by Gasteiger charge is 2.40. The molecule has 2 saturated heterocycles. The van der Waals surface area contributed by atoms with Crippen LogP contribution in [-0.2, 0) is 0 Å². The molecule has 0 aromatic rings. The number of fused-ring (bicyclic) bond motifs is 1. The van der Waals surface area contributed by atoms with Crippen molar-refractivity contribution in [3.05, 3.63) is 0 Å². The smallest absolute Gasteiger partial charge is 0.100 e. The molecule has 6 unspecified atom stereocenters. The molecule has 4 N–H and O–H groups in total. The third kappa shape index (κ3) is 2.56. The van der Waals surface area contributed by atoms with Gasteiger partial charge in [-0.2, -0.15) is 0 Å². The van der Waals surface area contributed by atoms with Crippen molar-refractivity contribution in [3.8, 4) is 0 Å². The van der Waals surface area contributed by atoms with Crippen molar-refractivity contribution in [1.82, 2.24) is 10.6 Å². The van der Waals surface area contributed by atoms with Crippen molar-refractivity contribution in [3.63, 3.8) is 0 Å². The number of rotatable bonds is 1. The lowest BCUT2D eigenvalue weighted by molar-refractivity contribution is 0.0976. The van der Waals surface area contributed by atoms with Crippen molar-refractivity contribution < 1.29 is 4.39 Å². The van der Waals surface area contributed by atoms with E-state index in [-0.39, 0.29) is 6.04 Å². The van der Waals surface area contributed by atoms with Crippen LogP contribution in [0.25, 0.3) is 0 Å². The fourth-order valence-corrected chi connectivity index (χ4v) is 4.21. The molecule has 3 aliphatic rings. The van der Waals surface area contributed by atoms with Crippen LogP contribution in [0.4, 0.5) is 4.39 Å². The second-order valence-corrected chi connectivity index (χ2v) is 6.46. The van der Waals surface area contributed by atoms with Crippen LogP contribution in [0.5, 0.6) is 0 Å². The van der Waals surface area contributed by atoms with Crippen molar-refractivity contribution in [2.24, 2.45) is 17.6 Å². The second-order valence-electron chi connectivity index (χ2n) is 6.46. The summed E-state index contributed by atoms with van der Waals surface area (Å²) in [5.41, 5.74) is 6.35. The molecular formula is C14H26FN3. The second kappa shape index (κ2) is 5.43. The topological polar surface area (TPSA) is 50.1 Å². The van der Waals surface area contributed by atoms with Crippen molar-refractivity contribution in [2.75, 3.05) is 13.1 Å². The summed E-state index contributed by atoms with van der Waals surface area (Å²) < 4.78 is 13.5. The molecular weight excluding hydrogens is 229 g/mol. The van der Waals surface area contributed by atoms with Gasteiger partial charge in [0.1, 0.15) is 6.17 Å². The van der Waals surface area contributed by atoms with Crippen molar-refractivity contribution in [1.29, 1.82) is 0 Å². The molecule has 3 nitrogen and oxygen atoms in total. The number of nitrogens with two attached hydrogens (primary N) is 1. The molecule has 0 radical (unpaired) electrons. The Hall–Kier alpha value is -0.190. The van der Waals surface area contributed by atoms with E-state index in [1.165, 1.54) is 12.8 Å². The molecule has 2 heterocycles. The zero-order valence-electron chi connectivity index (χ0n) is 11.1. The molecule has 0 bridgehead atoms. The van der Waals surface area contributed by atoms with E-state index < -0.39 is 6.17 Å². The van der Waals surface area contributed by atoms with Gasteiger partial charge in [0.2, 0.25) is 0 Å². The average Bonchev–Trinajstić information content (AvgIpc) is 2.39. The van der Waals surface area contributed by atoms with Gasteiger partial charge in [-0.3, -0.25) is 0 Å². The summed E-state index contributed by atoms with van der Waals surface area (Å²) >= 11 is 0. The van der Waals surface area contributed by atoms with Crippen LogP contribution in [0.3, 0.4) is 0 Å². The van der Waals surface area contributed by atoms with Crippen molar-refractivity contribution in [2.45, 2.75) is 62.8 Å². The summed E-state index contributed by atoms with van der Waals surface area (Å²) in [6, 6.07) is 1.30. The Bertz CT molecular complexity index is 286. The van der Waals surface area contributed by atoms with Crippen LogP contribution in [0, 0.1) is 11.8 Å². The molecule has 6 atom stereocenters. The number of alkyl halides is 1. The SMILES string of the molecule is NC1CC(C2CCCC(F)C2)NC2CCNCC12. The Morgan fingerprint density at radius 2 is 1.94 bits per heavy atom. The first-order chi connectivity index (χ1) is 8.74. The minimum atomic E-state index is -0.576. The third-order valence-electron chi connectivity index (χ3n) is 5.25. The van der Waals surface area contributed by atoms with E-state index >= 15 is 0 Å². The van der Waals surface area contributed by atoms with Crippen LogP contribution in [-0.4, -0.2) is 37.4 Å². The minimum absolute atomic E-state index is 0.286. The molecule has 3 fully saturated rings. The first-order valence-electron chi connectivity index (χ1n) is 7.60. The molecule has 18 heavy (non-hydrogen) atoms. The first kappa shape index (κ1) is 12.8. The lowest BCUT2D eigenvalue weighted by Gasteiger charge is -2.47.